The maximum absolute atomic E-state index is 15.3. The van der Waals surface area contributed by atoms with Gasteiger partial charge in [-0.2, -0.15) is 4.39 Å². The molecule has 5 aromatic rings. The minimum atomic E-state index is -1.20. The fourth-order valence-corrected chi connectivity index (χ4v) is 4.83. The fraction of sp³-hybridized carbons (Fsp3) is 0.219. The molecule has 17 heteroatoms. The predicted octanol–water partition coefficient (Wildman–Crippen LogP) is 2.40. The molecule has 3 aromatic heterocycles. The highest BCUT2D eigenvalue weighted by Crippen LogP contribution is 2.33. The number of halogens is 2. The number of aromatic nitrogens is 5. The zero-order valence-corrected chi connectivity index (χ0v) is 26.4. The number of ether oxygens (including phenoxy) is 1. The fourth-order valence-electron chi connectivity index (χ4n) is 4.83. The first-order valence-electron chi connectivity index (χ1n) is 15.2. The summed E-state index contributed by atoms with van der Waals surface area (Å²) in [7, 11) is 0. The Kier molecular flexibility index (Phi) is 10.8. The molecule has 1 atom stereocenters. The molecule has 0 saturated heterocycles. The topological polar surface area (TPSA) is 226 Å². The van der Waals surface area contributed by atoms with Crippen LogP contribution in [0.4, 0.5) is 20.3 Å². The number of carbonyl (C=O) groups is 2. The molecule has 49 heavy (non-hydrogen) atoms. The van der Waals surface area contributed by atoms with Crippen LogP contribution in [-0.4, -0.2) is 67.8 Å². The molecule has 2 amide bonds. The van der Waals surface area contributed by atoms with Crippen LogP contribution in [0.25, 0.3) is 16.9 Å². The van der Waals surface area contributed by atoms with Crippen LogP contribution in [0.1, 0.15) is 29.3 Å². The van der Waals surface area contributed by atoms with E-state index >= 15 is 8.78 Å². The molecule has 0 unspecified atom stereocenters. The Morgan fingerprint density at radius 2 is 1.78 bits per heavy atom. The molecule has 0 bridgehead atoms. The number of guanidine groups is 1. The Morgan fingerprint density at radius 1 is 1.00 bits per heavy atom. The van der Waals surface area contributed by atoms with Crippen LogP contribution < -0.4 is 37.9 Å². The van der Waals surface area contributed by atoms with Gasteiger partial charge in [-0.05, 0) is 54.8 Å². The van der Waals surface area contributed by atoms with Crippen LogP contribution in [0.3, 0.4) is 0 Å². The van der Waals surface area contributed by atoms with Crippen molar-refractivity contribution in [3.63, 3.8) is 0 Å². The number of carbonyl (C=O) groups excluding carboxylic acids is 2. The quantitative estimate of drug-likeness (QED) is 0.0570. The van der Waals surface area contributed by atoms with Crippen LogP contribution in [0.15, 0.2) is 72.4 Å². The van der Waals surface area contributed by atoms with Crippen molar-refractivity contribution in [2.75, 3.05) is 25.0 Å². The molecule has 0 aliphatic carbocycles. The standard InChI is InChI=1S/C32H34F2N12O3/c1-2-18-16-19(4-5-20(18)29(47)39-12-13-40-30(48)22(35)8-11-41-31(36)37)45-27-28-44-17-23(46(28)15-14-38-27)21-6-7-24(26(34)25(21)33)49-32-42-9-3-10-43-32/h3-7,9-10,14-17,22H,2,8,11-13,35H2,1H3,(H,38,45)(H,39,47)(H,40,48)(H4,36,37,41)/t22-/m0/s1. The number of aryl methyl sites for hydroxylation is 1. The number of anilines is 2. The van der Waals surface area contributed by atoms with Gasteiger partial charge in [-0.3, -0.25) is 19.0 Å². The highest BCUT2D eigenvalue weighted by atomic mass is 19.2. The average Bonchev–Trinajstić information content (AvgIpc) is 3.53. The van der Waals surface area contributed by atoms with E-state index in [0.29, 0.717) is 29.1 Å². The molecule has 0 saturated carbocycles. The Hall–Kier alpha value is -6.23. The van der Waals surface area contributed by atoms with Gasteiger partial charge in [-0.25, -0.2) is 24.3 Å². The van der Waals surface area contributed by atoms with Gasteiger partial charge in [0.15, 0.2) is 29.0 Å². The van der Waals surface area contributed by atoms with Gasteiger partial charge in [0.1, 0.15) is 0 Å². The summed E-state index contributed by atoms with van der Waals surface area (Å²) >= 11 is 0. The first-order valence-corrected chi connectivity index (χ1v) is 15.2. The van der Waals surface area contributed by atoms with E-state index in [9.17, 15) is 9.59 Å². The number of hydrogen-bond donors (Lipinski definition) is 6. The van der Waals surface area contributed by atoms with E-state index in [4.69, 9.17) is 21.9 Å². The normalized spacial score (nSPS) is 11.5. The monoisotopic (exact) mass is 672 g/mol. The number of nitrogens with two attached hydrogens (primary N) is 3. The highest BCUT2D eigenvalue weighted by Gasteiger charge is 2.21. The summed E-state index contributed by atoms with van der Waals surface area (Å²) in [6.45, 7) is 2.51. The molecule has 0 radical (unpaired) electrons. The Morgan fingerprint density at radius 3 is 2.53 bits per heavy atom. The maximum Gasteiger partial charge on any atom is 0.321 e. The molecule has 15 nitrogen and oxygen atoms in total. The van der Waals surface area contributed by atoms with Crippen molar-refractivity contribution in [1.82, 2.24) is 35.0 Å². The van der Waals surface area contributed by atoms with Gasteiger partial charge in [0.2, 0.25) is 11.7 Å². The molecule has 3 heterocycles. The van der Waals surface area contributed by atoms with Crippen molar-refractivity contribution in [2.24, 2.45) is 22.2 Å². The van der Waals surface area contributed by atoms with Crippen molar-refractivity contribution in [1.29, 1.82) is 0 Å². The third-order valence-electron chi connectivity index (χ3n) is 7.27. The van der Waals surface area contributed by atoms with Crippen molar-refractivity contribution in [3.05, 3.63) is 90.1 Å². The van der Waals surface area contributed by atoms with Gasteiger partial charge in [0, 0.05) is 61.2 Å². The van der Waals surface area contributed by atoms with Crippen LogP contribution in [0.2, 0.25) is 0 Å². The second kappa shape index (κ2) is 15.6. The number of hydrogen-bond acceptors (Lipinski definition) is 10. The minimum Gasteiger partial charge on any atom is -0.421 e. The highest BCUT2D eigenvalue weighted by molar-refractivity contribution is 5.96. The van der Waals surface area contributed by atoms with Gasteiger partial charge < -0.3 is 37.9 Å². The van der Waals surface area contributed by atoms with Crippen LogP contribution >= 0.6 is 0 Å². The molecule has 254 valence electrons. The Bertz CT molecular complexity index is 1980. The molecule has 0 aliphatic rings. The largest absolute Gasteiger partial charge is 0.421 e. The molecule has 5 rings (SSSR count). The summed E-state index contributed by atoms with van der Waals surface area (Å²) in [4.78, 5) is 45.4. The smallest absolute Gasteiger partial charge is 0.321 e. The first-order chi connectivity index (χ1) is 23.7. The summed E-state index contributed by atoms with van der Waals surface area (Å²) in [6, 6.07) is 8.53. The van der Waals surface area contributed by atoms with Crippen molar-refractivity contribution in [2.45, 2.75) is 25.8 Å². The average molecular weight is 673 g/mol. The number of nitrogens with one attached hydrogen (secondary N) is 3. The Labute approximate surface area is 279 Å². The Balaban J connectivity index is 1.24. The number of rotatable bonds is 14. The predicted molar refractivity (Wildman–Crippen MR) is 178 cm³/mol. The molecule has 2 aromatic carbocycles. The molecule has 0 spiro atoms. The van der Waals surface area contributed by atoms with Gasteiger partial charge >= 0.3 is 6.01 Å². The van der Waals surface area contributed by atoms with Crippen LogP contribution in [0, 0.1) is 11.6 Å². The summed E-state index contributed by atoms with van der Waals surface area (Å²) in [6.07, 6.45) is 8.15. The number of fused-ring (bicyclic) bond motifs is 1. The van der Waals surface area contributed by atoms with Gasteiger partial charge in [-0.15, -0.1) is 0 Å². The van der Waals surface area contributed by atoms with E-state index < -0.39 is 17.7 Å². The molecular formula is C32H34F2N12O3. The lowest BCUT2D eigenvalue weighted by Gasteiger charge is -2.14. The molecule has 9 N–H and O–H groups in total. The summed E-state index contributed by atoms with van der Waals surface area (Å²) in [5.74, 6) is -3.11. The van der Waals surface area contributed by atoms with E-state index in [0.717, 1.165) is 5.56 Å². The maximum atomic E-state index is 15.3. The second-order valence-corrected chi connectivity index (χ2v) is 10.6. The van der Waals surface area contributed by atoms with E-state index in [1.165, 1.54) is 36.9 Å². The number of benzene rings is 2. The second-order valence-electron chi connectivity index (χ2n) is 10.6. The lowest BCUT2D eigenvalue weighted by atomic mass is 10.0. The van der Waals surface area contributed by atoms with Gasteiger partial charge in [0.05, 0.1) is 17.9 Å². The molecule has 0 aliphatic heterocycles. The minimum absolute atomic E-state index is 0.0441. The zero-order valence-electron chi connectivity index (χ0n) is 26.4. The number of aliphatic imine (C=N–C) groups is 1. The van der Waals surface area contributed by atoms with E-state index in [2.05, 4.69) is 40.9 Å². The zero-order chi connectivity index (χ0) is 34.9. The molecular weight excluding hydrogens is 638 g/mol. The van der Waals surface area contributed by atoms with Crippen LogP contribution in [-0.2, 0) is 11.2 Å². The lowest BCUT2D eigenvalue weighted by molar-refractivity contribution is -0.122. The third kappa shape index (κ3) is 8.20. The van der Waals surface area contributed by atoms with Crippen molar-refractivity contribution >= 4 is 34.9 Å². The first kappa shape index (κ1) is 34.1. The third-order valence-corrected chi connectivity index (χ3v) is 7.27. The number of nitrogens with zero attached hydrogens (tertiary/aromatic N) is 6. The van der Waals surface area contributed by atoms with Gasteiger partial charge in [0.25, 0.3) is 5.91 Å². The van der Waals surface area contributed by atoms with E-state index in [-0.39, 0.29) is 66.8 Å². The summed E-state index contributed by atoms with van der Waals surface area (Å²) < 4.78 is 37.2. The lowest BCUT2D eigenvalue weighted by Crippen LogP contribution is -2.44. The summed E-state index contributed by atoms with van der Waals surface area (Å²) in [5.41, 5.74) is 18.8. The SMILES string of the molecule is CCc1cc(Nc2nccn3c(-c4ccc(Oc5ncccn5)c(F)c4F)cnc23)ccc1C(=O)NCCNC(=O)[C@@H](N)CCN=C(N)N. The van der Waals surface area contributed by atoms with Crippen molar-refractivity contribution < 1.29 is 23.1 Å². The van der Waals surface area contributed by atoms with Crippen LogP contribution in [0.5, 0.6) is 11.8 Å². The summed E-state index contributed by atoms with van der Waals surface area (Å²) in [5, 5.41) is 8.67. The van der Waals surface area contributed by atoms with Crippen molar-refractivity contribution in [3.8, 4) is 23.0 Å². The van der Waals surface area contributed by atoms with E-state index in [1.54, 1.807) is 28.8 Å². The van der Waals surface area contributed by atoms with Gasteiger partial charge in [-0.1, -0.05) is 6.92 Å². The molecule has 0 fully saturated rings. The number of imidazole rings is 1. The van der Waals surface area contributed by atoms with E-state index in [1.807, 2.05) is 13.0 Å². The number of amides is 2.